The monoisotopic (exact) mass is 754 g/mol. The van der Waals surface area contributed by atoms with E-state index in [0.717, 1.165) is 24.2 Å². The number of unbranched alkanes of at least 4 members (excludes halogenated alkanes) is 14. The van der Waals surface area contributed by atoms with Gasteiger partial charge in [-0.25, -0.2) is 9.13 Å². The maximum Gasteiger partial charge on any atom is 0.189 e. The Hall–Kier alpha value is -0.900. The standard InChI is InChI=1S/C37H60N2O4.2BrH/c1-3-5-7-9-11-13-15-17-23-38-26-21-33(22-27-38)35-40-29-37(30-41-35)31-42-36(43-32-37)34-20-19-25-39(28-34)24-18-16-14-12-10-8-6-4-2;;/h19-22,25-28,35-36H,3-18,23-24,29-32H2,1-2H3;2*1H/q+2;;/p-2. The summed E-state index contributed by atoms with van der Waals surface area (Å²) in [5.41, 5.74) is 1.90. The highest BCUT2D eigenvalue weighted by Gasteiger charge is 2.43. The third-order valence-electron chi connectivity index (χ3n) is 9.05. The van der Waals surface area contributed by atoms with E-state index in [-0.39, 0.29) is 52.0 Å². The molecule has 6 nitrogen and oxygen atoms in total. The van der Waals surface area contributed by atoms with Crippen molar-refractivity contribution in [3.8, 4) is 0 Å². The third-order valence-corrected chi connectivity index (χ3v) is 9.05. The first kappa shape index (κ1) is 40.3. The van der Waals surface area contributed by atoms with E-state index in [0.29, 0.717) is 26.4 Å². The van der Waals surface area contributed by atoms with Crippen molar-refractivity contribution >= 4 is 0 Å². The molecule has 0 aromatic carbocycles. The van der Waals surface area contributed by atoms with Crippen LogP contribution in [0.15, 0.2) is 49.1 Å². The van der Waals surface area contributed by atoms with Gasteiger partial charge in [-0.15, -0.1) is 0 Å². The van der Waals surface area contributed by atoms with Crippen molar-refractivity contribution in [2.75, 3.05) is 26.4 Å². The van der Waals surface area contributed by atoms with E-state index in [1.165, 1.54) is 103 Å². The zero-order valence-corrected chi connectivity index (χ0v) is 31.3. The second kappa shape index (κ2) is 23.4. The minimum Gasteiger partial charge on any atom is -1.00 e. The summed E-state index contributed by atoms with van der Waals surface area (Å²) >= 11 is 0. The molecule has 2 aromatic rings. The normalized spacial score (nSPS) is 21.3. The van der Waals surface area contributed by atoms with Gasteiger partial charge in [0.15, 0.2) is 37.4 Å². The van der Waals surface area contributed by atoms with E-state index in [9.17, 15) is 0 Å². The quantitative estimate of drug-likeness (QED) is 0.154. The minimum atomic E-state index is -0.333. The van der Waals surface area contributed by atoms with Crippen molar-refractivity contribution in [2.45, 2.75) is 142 Å². The first-order chi connectivity index (χ1) is 21.2. The van der Waals surface area contributed by atoms with E-state index in [1.807, 2.05) is 0 Å². The lowest BCUT2D eigenvalue weighted by Gasteiger charge is -2.43. The minimum absolute atomic E-state index is 0. The molecule has 2 aliphatic rings. The molecule has 0 N–H and O–H groups in total. The number of hydrogen-bond donors (Lipinski definition) is 0. The van der Waals surface area contributed by atoms with E-state index in [4.69, 9.17) is 18.9 Å². The van der Waals surface area contributed by atoms with Crippen molar-refractivity contribution in [1.29, 1.82) is 0 Å². The summed E-state index contributed by atoms with van der Waals surface area (Å²) in [4.78, 5) is 0. The van der Waals surface area contributed by atoms with Gasteiger partial charge in [0, 0.05) is 36.6 Å². The van der Waals surface area contributed by atoms with Gasteiger partial charge in [0.05, 0.1) is 37.4 Å². The van der Waals surface area contributed by atoms with Crippen LogP contribution in [0.3, 0.4) is 0 Å². The SMILES string of the molecule is CCCCCCCCCC[n+]1ccc(C2OCC3(CO2)COC(c2ccc[n+](CCCCCCCCCC)c2)OC3)cc1.[Br-].[Br-]. The molecule has 0 amide bonds. The van der Waals surface area contributed by atoms with Crippen LogP contribution in [0.1, 0.15) is 140 Å². The number of aromatic nitrogens is 2. The summed E-state index contributed by atoms with van der Waals surface area (Å²) in [6.07, 6.45) is 29.5. The van der Waals surface area contributed by atoms with Gasteiger partial charge in [-0.3, -0.25) is 0 Å². The number of rotatable bonds is 20. The van der Waals surface area contributed by atoms with Crippen molar-refractivity contribution in [3.05, 3.63) is 60.2 Å². The van der Waals surface area contributed by atoms with Gasteiger partial charge in [0.2, 0.25) is 0 Å². The van der Waals surface area contributed by atoms with Crippen LogP contribution in [0.4, 0.5) is 0 Å². The lowest BCUT2D eigenvalue weighted by atomic mass is 9.90. The molecule has 8 heteroatoms. The van der Waals surface area contributed by atoms with Gasteiger partial charge < -0.3 is 52.9 Å². The van der Waals surface area contributed by atoms with Gasteiger partial charge in [0.25, 0.3) is 0 Å². The van der Waals surface area contributed by atoms with Crippen LogP contribution < -0.4 is 43.1 Å². The number of ether oxygens (including phenoxy) is 4. The zero-order chi connectivity index (χ0) is 30.0. The van der Waals surface area contributed by atoms with E-state index >= 15 is 0 Å². The lowest BCUT2D eigenvalue weighted by Crippen LogP contribution is -3.00. The Kier molecular flexibility index (Phi) is 21.0. The van der Waals surface area contributed by atoms with E-state index in [1.54, 1.807) is 0 Å². The number of pyridine rings is 2. The summed E-state index contributed by atoms with van der Waals surface area (Å²) in [5.74, 6) is 0. The molecule has 2 aromatic heterocycles. The molecular weight excluding hydrogens is 696 g/mol. The smallest absolute Gasteiger partial charge is 0.189 e. The first-order valence-electron chi connectivity index (χ1n) is 17.7. The average molecular weight is 757 g/mol. The van der Waals surface area contributed by atoms with Gasteiger partial charge in [0.1, 0.15) is 13.1 Å². The lowest BCUT2D eigenvalue weighted by molar-refractivity contribution is -0.698. The number of nitrogens with zero attached hydrogens (tertiary/aromatic N) is 2. The summed E-state index contributed by atoms with van der Waals surface area (Å²) in [6, 6.07) is 8.48. The predicted molar refractivity (Wildman–Crippen MR) is 170 cm³/mol. The van der Waals surface area contributed by atoms with Crippen molar-refractivity contribution in [2.24, 2.45) is 5.41 Å². The first-order valence-corrected chi connectivity index (χ1v) is 17.7. The fourth-order valence-corrected chi connectivity index (χ4v) is 6.19. The molecule has 0 saturated carbocycles. The van der Waals surface area contributed by atoms with Gasteiger partial charge >= 0.3 is 0 Å². The molecule has 0 atom stereocenters. The van der Waals surface area contributed by atoms with Crippen molar-refractivity contribution in [1.82, 2.24) is 0 Å². The molecule has 256 valence electrons. The second-order valence-corrected chi connectivity index (χ2v) is 13.1. The molecular formula is C37H60Br2N2O4. The molecule has 2 saturated heterocycles. The Bertz CT molecular complexity index is 1010. The Morgan fingerprint density at radius 2 is 0.956 bits per heavy atom. The molecule has 2 aliphatic heterocycles. The molecule has 0 unspecified atom stereocenters. The number of halogens is 2. The van der Waals surface area contributed by atoms with Crippen LogP contribution in [-0.2, 0) is 32.0 Å². The second-order valence-electron chi connectivity index (χ2n) is 13.1. The van der Waals surface area contributed by atoms with E-state index in [2.05, 4.69) is 72.0 Å². The van der Waals surface area contributed by atoms with Gasteiger partial charge in [-0.1, -0.05) is 90.9 Å². The fourth-order valence-electron chi connectivity index (χ4n) is 6.19. The van der Waals surface area contributed by atoms with Crippen LogP contribution in [0.25, 0.3) is 0 Å². The largest absolute Gasteiger partial charge is 1.00 e. The maximum atomic E-state index is 6.24. The van der Waals surface area contributed by atoms with Crippen LogP contribution in [0.5, 0.6) is 0 Å². The van der Waals surface area contributed by atoms with Gasteiger partial charge in [-0.05, 0) is 18.9 Å². The van der Waals surface area contributed by atoms with Crippen LogP contribution in [0.2, 0.25) is 0 Å². The number of hydrogen-bond acceptors (Lipinski definition) is 4. The highest BCUT2D eigenvalue weighted by Crippen LogP contribution is 2.37. The van der Waals surface area contributed by atoms with Crippen molar-refractivity contribution < 1.29 is 62.0 Å². The van der Waals surface area contributed by atoms with E-state index < -0.39 is 0 Å². The Morgan fingerprint density at radius 1 is 0.533 bits per heavy atom. The Morgan fingerprint density at radius 3 is 1.44 bits per heavy atom. The molecule has 0 radical (unpaired) electrons. The molecule has 2 fully saturated rings. The van der Waals surface area contributed by atoms with Crippen LogP contribution in [0, 0.1) is 5.41 Å². The summed E-state index contributed by atoms with van der Waals surface area (Å²) in [5, 5.41) is 0. The van der Waals surface area contributed by atoms with Crippen LogP contribution >= 0.6 is 0 Å². The predicted octanol–water partition coefficient (Wildman–Crippen LogP) is 2.33. The molecule has 45 heavy (non-hydrogen) atoms. The molecule has 4 rings (SSSR count). The summed E-state index contributed by atoms with van der Waals surface area (Å²) in [7, 11) is 0. The highest BCUT2D eigenvalue weighted by molar-refractivity contribution is 5.11. The maximum absolute atomic E-state index is 6.24. The Balaban J connectivity index is 0.00000353. The zero-order valence-electron chi connectivity index (χ0n) is 28.1. The highest BCUT2D eigenvalue weighted by atomic mass is 79.9. The summed E-state index contributed by atoms with van der Waals surface area (Å²) < 4.78 is 29.4. The topological polar surface area (TPSA) is 44.7 Å². The summed E-state index contributed by atoms with van der Waals surface area (Å²) in [6.45, 7) is 8.96. The average Bonchev–Trinajstić information content (AvgIpc) is 3.05. The molecule has 4 heterocycles. The molecule has 1 spiro atoms. The van der Waals surface area contributed by atoms with Gasteiger partial charge in [-0.2, -0.15) is 0 Å². The number of aryl methyl sites for hydroxylation is 2. The Labute approximate surface area is 295 Å². The van der Waals surface area contributed by atoms with Crippen LogP contribution in [-0.4, -0.2) is 26.4 Å². The third kappa shape index (κ3) is 14.4. The van der Waals surface area contributed by atoms with Crippen molar-refractivity contribution in [3.63, 3.8) is 0 Å². The molecule has 0 bridgehead atoms. The fraction of sp³-hybridized carbons (Fsp3) is 0.730. The molecule has 0 aliphatic carbocycles.